The molecule has 17 heavy (non-hydrogen) atoms. The minimum Gasteiger partial charge on any atom is -0.477 e. The number of carbonyl (C=O) groups is 2. The van der Waals surface area contributed by atoms with Crippen LogP contribution in [0.4, 0.5) is 0 Å². The Morgan fingerprint density at radius 3 is 2.65 bits per heavy atom. The van der Waals surface area contributed by atoms with Crippen molar-refractivity contribution in [2.24, 2.45) is 0 Å². The molecule has 0 aromatic carbocycles. The van der Waals surface area contributed by atoms with Crippen LogP contribution < -0.4 is 5.32 Å². The van der Waals surface area contributed by atoms with E-state index in [9.17, 15) is 9.59 Å². The lowest BCUT2D eigenvalue weighted by Crippen LogP contribution is -2.26. The van der Waals surface area contributed by atoms with Crippen molar-refractivity contribution in [1.82, 2.24) is 10.2 Å². The second kappa shape index (κ2) is 6.36. The maximum absolute atomic E-state index is 11.3. The van der Waals surface area contributed by atoms with Crippen molar-refractivity contribution in [2.45, 2.75) is 13.0 Å². The summed E-state index contributed by atoms with van der Waals surface area (Å²) in [7, 11) is 3.45. The third-order valence-corrected chi connectivity index (χ3v) is 3.26. The second-order valence-corrected chi connectivity index (χ2v) is 4.95. The molecule has 0 aliphatic rings. The standard InChI is InChI=1S/C11H16N2O3S/c1-13(2)10(14)5-6-12-7-8-3-4-9(17-8)11(15)16/h3-4,12H,5-7H2,1-2H3,(H,15,16). The molecular weight excluding hydrogens is 240 g/mol. The van der Waals surface area contributed by atoms with E-state index in [0.29, 0.717) is 24.4 Å². The molecule has 0 fully saturated rings. The van der Waals surface area contributed by atoms with Gasteiger partial charge >= 0.3 is 5.97 Å². The molecule has 0 radical (unpaired) electrons. The molecule has 1 aromatic rings. The fraction of sp³-hybridized carbons (Fsp3) is 0.455. The minimum atomic E-state index is -0.899. The van der Waals surface area contributed by atoms with Gasteiger partial charge in [-0.1, -0.05) is 0 Å². The highest BCUT2D eigenvalue weighted by Gasteiger charge is 2.07. The number of rotatable bonds is 6. The fourth-order valence-electron chi connectivity index (χ4n) is 1.22. The summed E-state index contributed by atoms with van der Waals surface area (Å²) in [5.74, 6) is -0.820. The Labute approximate surface area is 104 Å². The van der Waals surface area contributed by atoms with E-state index in [-0.39, 0.29) is 5.91 Å². The molecule has 1 heterocycles. The Morgan fingerprint density at radius 1 is 1.41 bits per heavy atom. The van der Waals surface area contributed by atoms with Crippen molar-refractivity contribution in [1.29, 1.82) is 0 Å². The van der Waals surface area contributed by atoms with Gasteiger partial charge in [-0.2, -0.15) is 0 Å². The maximum Gasteiger partial charge on any atom is 0.345 e. The number of aromatic carboxylic acids is 1. The Kier molecular flexibility index (Phi) is 5.11. The summed E-state index contributed by atoms with van der Waals surface area (Å²) in [5, 5.41) is 11.9. The molecule has 2 N–H and O–H groups in total. The van der Waals surface area contributed by atoms with E-state index >= 15 is 0 Å². The van der Waals surface area contributed by atoms with Gasteiger partial charge in [-0.3, -0.25) is 4.79 Å². The monoisotopic (exact) mass is 256 g/mol. The van der Waals surface area contributed by atoms with Crippen LogP contribution in [0.15, 0.2) is 12.1 Å². The average molecular weight is 256 g/mol. The Balaban J connectivity index is 2.26. The van der Waals surface area contributed by atoms with Gasteiger partial charge in [-0.05, 0) is 12.1 Å². The summed E-state index contributed by atoms with van der Waals surface area (Å²) in [6, 6.07) is 3.38. The first kappa shape index (κ1) is 13.7. The highest BCUT2D eigenvalue weighted by Crippen LogP contribution is 2.15. The van der Waals surface area contributed by atoms with Crippen LogP contribution in [0.2, 0.25) is 0 Å². The molecule has 1 rings (SSSR count). The largest absolute Gasteiger partial charge is 0.477 e. The van der Waals surface area contributed by atoms with Crippen LogP contribution >= 0.6 is 11.3 Å². The molecule has 6 heteroatoms. The lowest BCUT2D eigenvalue weighted by molar-refractivity contribution is -0.128. The molecule has 0 aliphatic heterocycles. The maximum atomic E-state index is 11.3. The molecule has 5 nitrogen and oxygen atoms in total. The first-order valence-corrected chi connectivity index (χ1v) is 6.05. The number of carboxylic acids is 1. The van der Waals surface area contributed by atoms with E-state index in [0.717, 1.165) is 4.88 Å². The molecule has 0 saturated carbocycles. The quantitative estimate of drug-likeness (QED) is 0.745. The molecule has 1 amide bonds. The number of carbonyl (C=O) groups excluding carboxylic acids is 1. The predicted molar refractivity (Wildman–Crippen MR) is 66.3 cm³/mol. The molecule has 0 spiro atoms. The second-order valence-electron chi connectivity index (χ2n) is 3.79. The van der Waals surface area contributed by atoms with Gasteiger partial charge in [0.25, 0.3) is 0 Å². The highest BCUT2D eigenvalue weighted by atomic mass is 32.1. The van der Waals surface area contributed by atoms with Gasteiger partial charge < -0.3 is 15.3 Å². The fourth-order valence-corrected chi connectivity index (χ4v) is 2.03. The van der Waals surface area contributed by atoms with E-state index in [2.05, 4.69) is 5.32 Å². The van der Waals surface area contributed by atoms with Crippen LogP contribution in [-0.2, 0) is 11.3 Å². The number of nitrogens with zero attached hydrogens (tertiary/aromatic N) is 1. The average Bonchev–Trinajstić information content (AvgIpc) is 2.72. The zero-order valence-electron chi connectivity index (χ0n) is 9.90. The first-order valence-electron chi connectivity index (χ1n) is 5.23. The van der Waals surface area contributed by atoms with E-state index in [1.807, 2.05) is 0 Å². The summed E-state index contributed by atoms with van der Waals surface area (Å²) in [5.41, 5.74) is 0. The van der Waals surface area contributed by atoms with E-state index in [1.165, 1.54) is 11.3 Å². The molecule has 0 saturated heterocycles. The molecule has 0 unspecified atom stereocenters. The summed E-state index contributed by atoms with van der Waals surface area (Å²) < 4.78 is 0. The number of hydrogen-bond acceptors (Lipinski definition) is 4. The number of nitrogens with one attached hydrogen (secondary N) is 1. The van der Waals surface area contributed by atoms with Crippen LogP contribution in [0.5, 0.6) is 0 Å². The zero-order chi connectivity index (χ0) is 12.8. The number of hydrogen-bond donors (Lipinski definition) is 2. The number of carboxylic acid groups (broad SMARTS) is 1. The molecule has 0 aliphatic carbocycles. The lowest BCUT2D eigenvalue weighted by atomic mass is 10.3. The number of thiophene rings is 1. The van der Waals surface area contributed by atoms with Crippen LogP contribution in [0.25, 0.3) is 0 Å². The first-order chi connectivity index (χ1) is 8.00. The molecule has 1 aromatic heterocycles. The highest BCUT2D eigenvalue weighted by molar-refractivity contribution is 7.13. The van der Waals surface area contributed by atoms with Crippen molar-refractivity contribution in [2.75, 3.05) is 20.6 Å². The molecule has 94 valence electrons. The lowest BCUT2D eigenvalue weighted by Gasteiger charge is -2.09. The van der Waals surface area contributed by atoms with Gasteiger partial charge in [0.15, 0.2) is 0 Å². The molecule has 0 atom stereocenters. The van der Waals surface area contributed by atoms with Gasteiger partial charge in [0, 0.05) is 38.5 Å². The van der Waals surface area contributed by atoms with Crippen molar-refractivity contribution in [3.63, 3.8) is 0 Å². The van der Waals surface area contributed by atoms with Crippen LogP contribution in [0, 0.1) is 0 Å². The van der Waals surface area contributed by atoms with Gasteiger partial charge in [-0.15, -0.1) is 11.3 Å². The Morgan fingerprint density at radius 2 is 2.12 bits per heavy atom. The van der Waals surface area contributed by atoms with Gasteiger partial charge in [-0.25, -0.2) is 4.79 Å². The third kappa shape index (κ3) is 4.54. The summed E-state index contributed by atoms with van der Waals surface area (Å²) >= 11 is 1.25. The van der Waals surface area contributed by atoms with E-state index in [1.54, 1.807) is 31.1 Å². The predicted octanol–water partition coefficient (Wildman–Crippen LogP) is 1.01. The van der Waals surface area contributed by atoms with Crippen molar-refractivity contribution in [3.05, 3.63) is 21.9 Å². The molecular formula is C11H16N2O3S. The van der Waals surface area contributed by atoms with Gasteiger partial charge in [0.1, 0.15) is 4.88 Å². The summed E-state index contributed by atoms with van der Waals surface area (Å²) in [4.78, 5) is 24.8. The van der Waals surface area contributed by atoms with Crippen molar-refractivity contribution in [3.8, 4) is 0 Å². The topological polar surface area (TPSA) is 69.6 Å². The van der Waals surface area contributed by atoms with Crippen LogP contribution in [0.1, 0.15) is 21.0 Å². The van der Waals surface area contributed by atoms with E-state index in [4.69, 9.17) is 5.11 Å². The van der Waals surface area contributed by atoms with Gasteiger partial charge in [0.2, 0.25) is 5.91 Å². The van der Waals surface area contributed by atoms with Crippen LogP contribution in [-0.4, -0.2) is 42.5 Å². The third-order valence-electron chi connectivity index (χ3n) is 2.19. The molecule has 0 bridgehead atoms. The normalized spacial score (nSPS) is 10.2. The Bertz CT molecular complexity index is 401. The van der Waals surface area contributed by atoms with Crippen molar-refractivity contribution < 1.29 is 14.7 Å². The number of amides is 1. The minimum absolute atomic E-state index is 0.0786. The summed E-state index contributed by atoms with van der Waals surface area (Å²) in [6.45, 7) is 1.19. The SMILES string of the molecule is CN(C)C(=O)CCNCc1ccc(C(=O)O)s1. The van der Waals surface area contributed by atoms with Crippen LogP contribution in [0.3, 0.4) is 0 Å². The Hall–Kier alpha value is -1.40. The zero-order valence-corrected chi connectivity index (χ0v) is 10.7. The van der Waals surface area contributed by atoms with E-state index < -0.39 is 5.97 Å². The summed E-state index contributed by atoms with van der Waals surface area (Å²) in [6.07, 6.45) is 0.449. The van der Waals surface area contributed by atoms with Gasteiger partial charge in [0.05, 0.1) is 0 Å². The smallest absolute Gasteiger partial charge is 0.345 e. The van der Waals surface area contributed by atoms with Crippen molar-refractivity contribution >= 4 is 23.2 Å².